The standard InChI is InChI=1S/C14H21ClN2/c1-3-17(12-7-8-12)14-11(9-10(2)16)5-4-6-13(14)15/h4-6,10,12H,3,7-9,16H2,1-2H3. The number of benzene rings is 1. The molecule has 17 heavy (non-hydrogen) atoms. The van der Waals surface area contributed by atoms with Gasteiger partial charge < -0.3 is 10.6 Å². The SMILES string of the molecule is CCN(c1c(Cl)cccc1CC(C)N)C1CC1. The summed E-state index contributed by atoms with van der Waals surface area (Å²) in [6, 6.07) is 7.00. The van der Waals surface area contributed by atoms with E-state index >= 15 is 0 Å². The fourth-order valence-electron chi connectivity index (χ4n) is 2.38. The van der Waals surface area contributed by atoms with Crippen molar-refractivity contribution in [1.29, 1.82) is 0 Å². The maximum atomic E-state index is 6.38. The summed E-state index contributed by atoms with van der Waals surface area (Å²) in [7, 11) is 0. The van der Waals surface area contributed by atoms with E-state index in [-0.39, 0.29) is 6.04 Å². The van der Waals surface area contributed by atoms with Gasteiger partial charge in [0.05, 0.1) is 10.7 Å². The number of anilines is 1. The van der Waals surface area contributed by atoms with Crippen LogP contribution in [0.4, 0.5) is 5.69 Å². The lowest BCUT2D eigenvalue weighted by Crippen LogP contribution is -2.28. The Kier molecular flexibility index (Phi) is 3.95. The van der Waals surface area contributed by atoms with Gasteiger partial charge in [-0.1, -0.05) is 23.7 Å². The van der Waals surface area contributed by atoms with Crippen molar-refractivity contribution >= 4 is 17.3 Å². The minimum atomic E-state index is 0.171. The Morgan fingerprint density at radius 3 is 2.71 bits per heavy atom. The Hall–Kier alpha value is -0.730. The fraction of sp³-hybridized carbons (Fsp3) is 0.571. The summed E-state index contributed by atoms with van der Waals surface area (Å²) in [6.07, 6.45) is 3.46. The molecule has 0 saturated heterocycles. The maximum Gasteiger partial charge on any atom is 0.0642 e. The maximum absolute atomic E-state index is 6.38. The second-order valence-corrected chi connectivity index (χ2v) is 5.35. The van der Waals surface area contributed by atoms with E-state index in [0.717, 1.165) is 18.0 Å². The summed E-state index contributed by atoms with van der Waals surface area (Å²) in [5.74, 6) is 0. The minimum Gasteiger partial charge on any atom is -0.367 e. The highest BCUT2D eigenvalue weighted by molar-refractivity contribution is 6.33. The van der Waals surface area contributed by atoms with Crippen molar-refractivity contribution in [3.8, 4) is 0 Å². The Bertz CT molecular complexity index is 386. The molecule has 1 aliphatic rings. The van der Waals surface area contributed by atoms with Crippen molar-refractivity contribution in [2.24, 2.45) is 5.73 Å². The molecule has 1 aromatic rings. The van der Waals surface area contributed by atoms with Crippen LogP contribution in [0.5, 0.6) is 0 Å². The minimum absolute atomic E-state index is 0.171. The highest BCUT2D eigenvalue weighted by Gasteiger charge is 2.30. The van der Waals surface area contributed by atoms with Crippen molar-refractivity contribution in [3.05, 3.63) is 28.8 Å². The van der Waals surface area contributed by atoms with E-state index in [1.54, 1.807) is 0 Å². The molecule has 94 valence electrons. The number of para-hydroxylation sites is 1. The van der Waals surface area contributed by atoms with Crippen molar-refractivity contribution in [2.45, 2.75) is 45.2 Å². The first kappa shape index (κ1) is 12.7. The monoisotopic (exact) mass is 252 g/mol. The zero-order valence-corrected chi connectivity index (χ0v) is 11.4. The van der Waals surface area contributed by atoms with Gasteiger partial charge in [-0.15, -0.1) is 0 Å². The van der Waals surface area contributed by atoms with Gasteiger partial charge in [-0.25, -0.2) is 0 Å². The van der Waals surface area contributed by atoms with E-state index in [9.17, 15) is 0 Å². The van der Waals surface area contributed by atoms with Gasteiger partial charge in [-0.3, -0.25) is 0 Å². The molecule has 1 atom stereocenters. The number of hydrogen-bond donors (Lipinski definition) is 1. The molecule has 2 N–H and O–H groups in total. The van der Waals surface area contributed by atoms with E-state index in [1.807, 2.05) is 19.1 Å². The van der Waals surface area contributed by atoms with Crippen LogP contribution >= 0.6 is 11.6 Å². The molecule has 2 rings (SSSR count). The zero-order chi connectivity index (χ0) is 12.4. The van der Waals surface area contributed by atoms with Gasteiger partial charge in [0.1, 0.15) is 0 Å². The second kappa shape index (κ2) is 5.28. The molecule has 0 bridgehead atoms. The lowest BCUT2D eigenvalue weighted by molar-refractivity contribution is 0.729. The third kappa shape index (κ3) is 2.93. The molecule has 0 radical (unpaired) electrons. The van der Waals surface area contributed by atoms with Crippen molar-refractivity contribution in [1.82, 2.24) is 0 Å². The van der Waals surface area contributed by atoms with Gasteiger partial charge in [-0.05, 0) is 44.7 Å². The van der Waals surface area contributed by atoms with E-state index in [4.69, 9.17) is 17.3 Å². The molecule has 3 heteroatoms. The summed E-state index contributed by atoms with van der Waals surface area (Å²) < 4.78 is 0. The quantitative estimate of drug-likeness (QED) is 0.872. The number of rotatable bonds is 5. The highest BCUT2D eigenvalue weighted by atomic mass is 35.5. The van der Waals surface area contributed by atoms with Crippen LogP contribution in [0, 0.1) is 0 Å². The molecule has 1 fully saturated rings. The van der Waals surface area contributed by atoms with Crippen LogP contribution in [0.15, 0.2) is 18.2 Å². The summed E-state index contributed by atoms with van der Waals surface area (Å²) in [6.45, 7) is 5.25. The molecule has 0 spiro atoms. The van der Waals surface area contributed by atoms with Crippen LogP contribution in [-0.2, 0) is 6.42 Å². The fourth-order valence-corrected chi connectivity index (χ4v) is 2.68. The molecular formula is C14H21ClN2. The summed E-state index contributed by atoms with van der Waals surface area (Å²) in [5, 5.41) is 0.858. The molecule has 0 aromatic heterocycles. The highest BCUT2D eigenvalue weighted by Crippen LogP contribution is 2.38. The number of nitrogens with zero attached hydrogens (tertiary/aromatic N) is 1. The zero-order valence-electron chi connectivity index (χ0n) is 10.6. The molecule has 1 unspecified atom stereocenters. The predicted molar refractivity (Wildman–Crippen MR) is 74.8 cm³/mol. The van der Waals surface area contributed by atoms with Gasteiger partial charge in [-0.2, -0.15) is 0 Å². The van der Waals surface area contributed by atoms with Gasteiger partial charge in [0.15, 0.2) is 0 Å². The molecular weight excluding hydrogens is 232 g/mol. The van der Waals surface area contributed by atoms with E-state index in [1.165, 1.54) is 24.1 Å². The molecule has 1 aliphatic carbocycles. The molecule has 0 heterocycles. The van der Waals surface area contributed by atoms with Crippen LogP contribution in [0.25, 0.3) is 0 Å². The van der Waals surface area contributed by atoms with Crippen LogP contribution < -0.4 is 10.6 Å². The van der Waals surface area contributed by atoms with Crippen molar-refractivity contribution in [3.63, 3.8) is 0 Å². The van der Waals surface area contributed by atoms with E-state index < -0.39 is 0 Å². The second-order valence-electron chi connectivity index (χ2n) is 4.95. The van der Waals surface area contributed by atoms with E-state index in [2.05, 4.69) is 17.9 Å². The van der Waals surface area contributed by atoms with Crippen LogP contribution in [0.2, 0.25) is 5.02 Å². The van der Waals surface area contributed by atoms with Gasteiger partial charge in [0.2, 0.25) is 0 Å². The number of hydrogen-bond acceptors (Lipinski definition) is 2. The average molecular weight is 253 g/mol. The van der Waals surface area contributed by atoms with Crippen LogP contribution in [-0.4, -0.2) is 18.6 Å². The molecule has 0 aliphatic heterocycles. The first-order valence-corrected chi connectivity index (χ1v) is 6.81. The first-order chi connectivity index (χ1) is 8.13. The van der Waals surface area contributed by atoms with Crippen molar-refractivity contribution in [2.75, 3.05) is 11.4 Å². The predicted octanol–water partition coefficient (Wildman–Crippen LogP) is 3.22. The average Bonchev–Trinajstić information content (AvgIpc) is 3.06. The third-order valence-electron chi connectivity index (χ3n) is 3.23. The lowest BCUT2D eigenvalue weighted by atomic mass is 10.0. The Labute approximate surface area is 109 Å². The van der Waals surface area contributed by atoms with Gasteiger partial charge >= 0.3 is 0 Å². The Balaban J connectivity index is 2.34. The lowest BCUT2D eigenvalue weighted by Gasteiger charge is -2.27. The first-order valence-electron chi connectivity index (χ1n) is 6.43. The molecule has 0 amide bonds. The smallest absolute Gasteiger partial charge is 0.0642 e. The van der Waals surface area contributed by atoms with Crippen LogP contribution in [0.1, 0.15) is 32.3 Å². The molecule has 2 nitrogen and oxygen atoms in total. The summed E-state index contributed by atoms with van der Waals surface area (Å²) in [5.41, 5.74) is 8.40. The largest absolute Gasteiger partial charge is 0.367 e. The summed E-state index contributed by atoms with van der Waals surface area (Å²) >= 11 is 6.38. The van der Waals surface area contributed by atoms with Gasteiger partial charge in [0, 0.05) is 18.6 Å². The molecule has 1 saturated carbocycles. The number of nitrogens with two attached hydrogens (primary N) is 1. The molecule has 1 aromatic carbocycles. The normalized spacial score (nSPS) is 16.9. The Morgan fingerprint density at radius 1 is 1.47 bits per heavy atom. The van der Waals surface area contributed by atoms with Gasteiger partial charge in [0.25, 0.3) is 0 Å². The van der Waals surface area contributed by atoms with Crippen LogP contribution in [0.3, 0.4) is 0 Å². The summed E-state index contributed by atoms with van der Waals surface area (Å²) in [4.78, 5) is 2.43. The Morgan fingerprint density at radius 2 is 2.18 bits per heavy atom. The third-order valence-corrected chi connectivity index (χ3v) is 3.53. The van der Waals surface area contributed by atoms with Crippen molar-refractivity contribution < 1.29 is 0 Å². The number of halogens is 1. The van der Waals surface area contributed by atoms with E-state index in [0.29, 0.717) is 6.04 Å². The topological polar surface area (TPSA) is 29.3 Å².